The van der Waals surface area contributed by atoms with Gasteiger partial charge in [-0.25, -0.2) is 18.3 Å². The Hall–Kier alpha value is -1.91. The maximum Gasteiger partial charge on any atom is 0.260 e. The summed E-state index contributed by atoms with van der Waals surface area (Å²) in [5, 5.41) is 0.736. The Morgan fingerprint density at radius 2 is 1.66 bits per heavy atom. The van der Waals surface area contributed by atoms with Crippen molar-refractivity contribution in [2.24, 2.45) is 0 Å². The fourth-order valence-corrected chi connectivity index (χ4v) is 7.33. The van der Waals surface area contributed by atoms with Gasteiger partial charge in [-0.3, -0.25) is 9.36 Å². The van der Waals surface area contributed by atoms with Crippen molar-refractivity contribution in [3.8, 4) is 0 Å². The number of rotatable bonds is 5. The van der Waals surface area contributed by atoms with Crippen molar-refractivity contribution in [3.05, 3.63) is 68.7 Å². The number of sulfonamides is 1. The highest BCUT2D eigenvalue weighted by molar-refractivity contribution is 9.10. The molecule has 0 saturated carbocycles. The number of hydrogen-bond donors (Lipinski definition) is 0. The molecule has 0 unspecified atom stereocenters. The zero-order valence-electron chi connectivity index (χ0n) is 18.9. The van der Waals surface area contributed by atoms with Crippen molar-refractivity contribution in [1.29, 1.82) is 0 Å². The fourth-order valence-electron chi connectivity index (χ4n) is 4.85. The first-order chi connectivity index (χ1) is 16.6. The second-order valence-corrected chi connectivity index (χ2v) is 12.7. The SMILES string of the molecule is C[C@@]1(Cc2ccc(Br)cc2)C(=O)N(c2cc(Cl)cc(Cl)c2)c2ncc(S(=O)(=O)N3CCCCC3)n21. The molecule has 2 aromatic carbocycles. The number of fused-ring (bicyclic) bond motifs is 1. The van der Waals surface area contributed by atoms with Gasteiger partial charge in [0.05, 0.1) is 11.9 Å². The molecule has 0 spiro atoms. The van der Waals surface area contributed by atoms with Gasteiger partial charge in [0.25, 0.3) is 15.9 Å². The van der Waals surface area contributed by atoms with Crippen LogP contribution in [0.3, 0.4) is 0 Å². The Morgan fingerprint density at radius 1 is 1.03 bits per heavy atom. The second kappa shape index (κ2) is 9.19. The van der Waals surface area contributed by atoms with E-state index in [1.165, 1.54) is 15.4 Å². The number of hydrogen-bond acceptors (Lipinski definition) is 4. The Bertz CT molecular complexity index is 1380. The molecule has 5 rings (SSSR count). The fraction of sp³-hybridized carbons (Fsp3) is 0.333. The maximum absolute atomic E-state index is 14.1. The van der Waals surface area contributed by atoms with E-state index in [1.807, 2.05) is 24.3 Å². The van der Waals surface area contributed by atoms with Crippen LogP contribution < -0.4 is 4.90 Å². The monoisotopic (exact) mass is 596 g/mol. The number of carbonyl (C=O) groups excluding carboxylic acids is 1. The summed E-state index contributed by atoms with van der Waals surface area (Å²) in [6, 6.07) is 12.4. The topological polar surface area (TPSA) is 75.5 Å². The average Bonchev–Trinajstić information content (AvgIpc) is 3.34. The first-order valence-electron chi connectivity index (χ1n) is 11.2. The van der Waals surface area contributed by atoms with Crippen LogP contribution in [0, 0.1) is 0 Å². The Balaban J connectivity index is 1.68. The Labute approximate surface area is 222 Å². The lowest BCUT2D eigenvalue weighted by Gasteiger charge is -2.30. The number of nitrogens with zero attached hydrogens (tertiary/aromatic N) is 4. The third-order valence-corrected chi connectivity index (χ3v) is 9.38. The number of halogens is 3. The van der Waals surface area contributed by atoms with Gasteiger partial charge in [0, 0.05) is 34.0 Å². The number of benzene rings is 2. The molecule has 1 saturated heterocycles. The molecule has 3 heterocycles. The van der Waals surface area contributed by atoms with Crippen LogP contribution in [0.2, 0.25) is 10.0 Å². The average molecular weight is 598 g/mol. The molecule has 184 valence electrons. The highest BCUT2D eigenvalue weighted by Gasteiger charge is 2.52. The van der Waals surface area contributed by atoms with Gasteiger partial charge in [-0.05, 0) is 55.7 Å². The lowest BCUT2D eigenvalue weighted by molar-refractivity contribution is -0.124. The molecule has 2 aliphatic heterocycles. The van der Waals surface area contributed by atoms with E-state index < -0.39 is 15.6 Å². The predicted octanol–water partition coefficient (Wildman–Crippen LogP) is 5.76. The van der Waals surface area contributed by atoms with E-state index in [-0.39, 0.29) is 23.3 Å². The van der Waals surface area contributed by atoms with Crippen LogP contribution in [0.15, 0.2) is 58.2 Å². The van der Waals surface area contributed by atoms with Crippen LogP contribution in [-0.4, -0.2) is 41.3 Å². The van der Waals surface area contributed by atoms with E-state index in [4.69, 9.17) is 23.2 Å². The first kappa shape index (κ1) is 24.8. The van der Waals surface area contributed by atoms with Gasteiger partial charge in [0.1, 0.15) is 5.54 Å². The maximum atomic E-state index is 14.1. The Morgan fingerprint density at radius 3 is 2.29 bits per heavy atom. The molecule has 1 aromatic heterocycles. The lowest BCUT2D eigenvalue weighted by atomic mass is 9.92. The molecule has 0 N–H and O–H groups in total. The quantitative estimate of drug-likeness (QED) is 0.374. The normalized spacial score (nSPS) is 20.9. The standard InChI is InChI=1S/C24H23BrCl2N4O3S/c1-24(14-16-5-7-17(25)8-6-16)22(32)30(20-12-18(26)11-19(27)13-20)23-28-15-21(31(23)24)35(33,34)29-9-3-2-4-10-29/h5-8,11-13,15H,2-4,9-10,14H2,1H3/t24-/m1/s1. The van der Waals surface area contributed by atoms with Crippen LogP contribution in [-0.2, 0) is 26.8 Å². The number of carbonyl (C=O) groups is 1. The molecule has 1 fully saturated rings. The number of amides is 1. The van der Waals surface area contributed by atoms with Gasteiger partial charge in [-0.1, -0.05) is 57.7 Å². The first-order valence-corrected chi connectivity index (χ1v) is 14.2. The van der Waals surface area contributed by atoms with Crippen molar-refractivity contribution < 1.29 is 13.2 Å². The van der Waals surface area contributed by atoms with Gasteiger partial charge >= 0.3 is 0 Å². The summed E-state index contributed by atoms with van der Waals surface area (Å²) in [6.07, 6.45) is 4.24. The van der Waals surface area contributed by atoms with Crippen molar-refractivity contribution in [1.82, 2.24) is 13.9 Å². The summed E-state index contributed by atoms with van der Waals surface area (Å²) in [5.41, 5.74) is 0.0731. The molecule has 0 aliphatic carbocycles. The zero-order valence-corrected chi connectivity index (χ0v) is 22.8. The summed E-state index contributed by atoms with van der Waals surface area (Å²) < 4.78 is 31.4. The minimum absolute atomic E-state index is 0.0120. The molecule has 0 bridgehead atoms. The molecule has 1 atom stereocenters. The van der Waals surface area contributed by atoms with Crippen LogP contribution in [0.5, 0.6) is 0 Å². The van der Waals surface area contributed by atoms with Gasteiger partial charge in [-0.15, -0.1) is 0 Å². The number of aromatic nitrogens is 2. The Kier molecular flexibility index (Phi) is 6.51. The van der Waals surface area contributed by atoms with Crippen LogP contribution in [0.4, 0.5) is 11.6 Å². The molecule has 7 nitrogen and oxygen atoms in total. The van der Waals surface area contributed by atoms with Gasteiger partial charge in [-0.2, -0.15) is 4.31 Å². The minimum atomic E-state index is -3.86. The van der Waals surface area contributed by atoms with Crippen molar-refractivity contribution in [3.63, 3.8) is 0 Å². The number of piperidine rings is 1. The van der Waals surface area contributed by atoms with E-state index in [0.29, 0.717) is 28.8 Å². The molecule has 11 heteroatoms. The van der Waals surface area contributed by atoms with Gasteiger partial charge in [0.15, 0.2) is 5.03 Å². The lowest BCUT2D eigenvalue weighted by Crippen LogP contribution is -2.43. The van der Waals surface area contributed by atoms with E-state index in [0.717, 1.165) is 29.3 Å². The van der Waals surface area contributed by atoms with Crippen LogP contribution in [0.25, 0.3) is 0 Å². The van der Waals surface area contributed by atoms with Crippen molar-refractivity contribution in [2.75, 3.05) is 18.0 Å². The molecular weight excluding hydrogens is 575 g/mol. The van der Waals surface area contributed by atoms with E-state index >= 15 is 0 Å². The molecule has 3 aromatic rings. The summed E-state index contributed by atoms with van der Waals surface area (Å²) >= 11 is 15.9. The van der Waals surface area contributed by atoms with E-state index in [9.17, 15) is 13.2 Å². The molecule has 35 heavy (non-hydrogen) atoms. The minimum Gasteiger partial charge on any atom is -0.284 e. The third kappa shape index (κ3) is 4.31. The van der Waals surface area contributed by atoms with Crippen molar-refractivity contribution >= 4 is 66.7 Å². The van der Waals surface area contributed by atoms with E-state index in [1.54, 1.807) is 29.7 Å². The molecule has 2 aliphatic rings. The van der Waals surface area contributed by atoms with Crippen molar-refractivity contribution in [2.45, 2.75) is 43.2 Å². The largest absolute Gasteiger partial charge is 0.284 e. The second-order valence-electron chi connectivity index (χ2n) is 9.04. The van der Waals surface area contributed by atoms with Crippen LogP contribution >= 0.6 is 39.1 Å². The zero-order chi connectivity index (χ0) is 25.0. The summed E-state index contributed by atoms with van der Waals surface area (Å²) in [6.45, 7) is 2.66. The van der Waals surface area contributed by atoms with Crippen LogP contribution in [0.1, 0.15) is 31.7 Å². The summed E-state index contributed by atoms with van der Waals surface area (Å²) in [5.74, 6) is -0.0829. The number of imidazole rings is 1. The smallest absolute Gasteiger partial charge is 0.260 e. The molecule has 1 amide bonds. The third-order valence-electron chi connectivity index (χ3n) is 6.55. The highest BCUT2D eigenvalue weighted by Crippen LogP contribution is 2.45. The summed E-state index contributed by atoms with van der Waals surface area (Å²) in [4.78, 5) is 19.9. The molecule has 0 radical (unpaired) electrons. The predicted molar refractivity (Wildman–Crippen MR) is 140 cm³/mol. The van der Waals surface area contributed by atoms with Gasteiger partial charge in [0.2, 0.25) is 5.95 Å². The van der Waals surface area contributed by atoms with E-state index in [2.05, 4.69) is 20.9 Å². The number of anilines is 2. The highest BCUT2D eigenvalue weighted by atomic mass is 79.9. The molecular formula is C24H23BrCl2N4O3S. The van der Waals surface area contributed by atoms with Gasteiger partial charge < -0.3 is 0 Å². The summed E-state index contributed by atoms with van der Waals surface area (Å²) in [7, 11) is -3.86.